The molecule has 0 spiro atoms. The van der Waals surface area contributed by atoms with Gasteiger partial charge in [-0.15, -0.1) is 11.3 Å². The van der Waals surface area contributed by atoms with E-state index >= 15 is 0 Å². The SMILES string of the molecule is Cc1csc(C(C)NC(=O)NCc2ccc3c(c2)OCO3)n1. The molecule has 1 aliphatic heterocycles. The van der Waals surface area contributed by atoms with Crippen molar-refractivity contribution in [2.75, 3.05) is 6.79 Å². The van der Waals surface area contributed by atoms with Gasteiger partial charge in [-0.3, -0.25) is 0 Å². The standard InChI is InChI=1S/C15H17N3O3S/c1-9-7-22-14(17-9)10(2)18-15(19)16-6-11-3-4-12-13(5-11)21-8-20-12/h3-5,7,10H,6,8H2,1-2H3,(H2,16,18,19). The second kappa shape index (κ2) is 6.23. The molecule has 2 aromatic rings. The van der Waals surface area contributed by atoms with E-state index in [0.29, 0.717) is 12.3 Å². The van der Waals surface area contributed by atoms with Crippen molar-refractivity contribution in [1.82, 2.24) is 15.6 Å². The van der Waals surface area contributed by atoms with Crippen LogP contribution in [-0.2, 0) is 6.54 Å². The number of nitrogens with zero attached hydrogens (tertiary/aromatic N) is 1. The minimum Gasteiger partial charge on any atom is -0.454 e. The molecule has 1 aromatic carbocycles. The summed E-state index contributed by atoms with van der Waals surface area (Å²) in [4.78, 5) is 16.3. The van der Waals surface area contributed by atoms with Gasteiger partial charge >= 0.3 is 6.03 Å². The van der Waals surface area contributed by atoms with E-state index in [2.05, 4.69) is 15.6 Å². The Morgan fingerprint density at radius 2 is 2.23 bits per heavy atom. The van der Waals surface area contributed by atoms with Crippen molar-refractivity contribution in [2.24, 2.45) is 0 Å². The Labute approximate surface area is 132 Å². The van der Waals surface area contributed by atoms with Gasteiger partial charge in [0.2, 0.25) is 6.79 Å². The van der Waals surface area contributed by atoms with Crippen LogP contribution in [0, 0.1) is 6.92 Å². The molecule has 116 valence electrons. The van der Waals surface area contributed by atoms with Gasteiger partial charge < -0.3 is 20.1 Å². The Morgan fingerprint density at radius 3 is 3.00 bits per heavy atom. The highest BCUT2D eigenvalue weighted by Gasteiger charge is 2.15. The second-order valence-corrected chi connectivity index (χ2v) is 5.95. The number of fused-ring (bicyclic) bond motifs is 1. The molecule has 2 heterocycles. The summed E-state index contributed by atoms with van der Waals surface area (Å²) in [5.41, 5.74) is 1.92. The van der Waals surface area contributed by atoms with Crippen LogP contribution in [-0.4, -0.2) is 17.8 Å². The van der Waals surface area contributed by atoms with Gasteiger partial charge in [0, 0.05) is 17.6 Å². The van der Waals surface area contributed by atoms with E-state index < -0.39 is 0 Å². The molecule has 0 aliphatic carbocycles. The van der Waals surface area contributed by atoms with E-state index in [1.54, 1.807) is 11.3 Å². The zero-order valence-electron chi connectivity index (χ0n) is 12.4. The molecule has 3 rings (SSSR count). The molecule has 1 aliphatic rings. The lowest BCUT2D eigenvalue weighted by Gasteiger charge is -2.12. The molecule has 2 amide bonds. The van der Waals surface area contributed by atoms with E-state index in [1.807, 2.05) is 37.4 Å². The summed E-state index contributed by atoms with van der Waals surface area (Å²) >= 11 is 1.54. The number of nitrogens with one attached hydrogen (secondary N) is 2. The van der Waals surface area contributed by atoms with Crippen LogP contribution in [0.5, 0.6) is 11.5 Å². The largest absolute Gasteiger partial charge is 0.454 e. The van der Waals surface area contributed by atoms with Crippen molar-refractivity contribution in [2.45, 2.75) is 26.4 Å². The number of aryl methyl sites for hydroxylation is 1. The van der Waals surface area contributed by atoms with E-state index in [-0.39, 0.29) is 18.9 Å². The van der Waals surface area contributed by atoms with Crippen LogP contribution in [0.3, 0.4) is 0 Å². The monoisotopic (exact) mass is 319 g/mol. The fraction of sp³-hybridized carbons (Fsp3) is 0.333. The Bertz CT molecular complexity index is 686. The predicted molar refractivity (Wildman–Crippen MR) is 83.2 cm³/mol. The Kier molecular flexibility index (Phi) is 4.15. The maximum absolute atomic E-state index is 11.9. The zero-order chi connectivity index (χ0) is 15.5. The lowest BCUT2D eigenvalue weighted by Crippen LogP contribution is -2.36. The van der Waals surface area contributed by atoms with Gasteiger partial charge in [-0.1, -0.05) is 6.07 Å². The summed E-state index contributed by atoms with van der Waals surface area (Å²) in [5.74, 6) is 1.45. The van der Waals surface area contributed by atoms with Crippen molar-refractivity contribution < 1.29 is 14.3 Å². The first-order chi connectivity index (χ1) is 10.6. The van der Waals surface area contributed by atoms with E-state index in [9.17, 15) is 4.79 Å². The molecule has 1 unspecified atom stereocenters. The number of carbonyl (C=O) groups is 1. The summed E-state index contributed by atoms with van der Waals surface area (Å²) < 4.78 is 10.6. The first kappa shape index (κ1) is 14.6. The Morgan fingerprint density at radius 1 is 1.41 bits per heavy atom. The Hall–Kier alpha value is -2.28. The molecule has 0 saturated heterocycles. The number of thiazole rings is 1. The van der Waals surface area contributed by atoms with Gasteiger partial charge in [-0.2, -0.15) is 0 Å². The molecule has 0 saturated carbocycles. The molecular formula is C15H17N3O3S. The summed E-state index contributed by atoms with van der Waals surface area (Å²) in [6.45, 7) is 4.52. The minimum atomic E-state index is -0.224. The van der Waals surface area contributed by atoms with Crippen molar-refractivity contribution in [3.8, 4) is 11.5 Å². The van der Waals surface area contributed by atoms with Crippen LogP contribution in [0.2, 0.25) is 0 Å². The minimum absolute atomic E-state index is 0.115. The highest BCUT2D eigenvalue weighted by molar-refractivity contribution is 7.09. The second-order valence-electron chi connectivity index (χ2n) is 5.06. The number of hydrogen-bond donors (Lipinski definition) is 2. The smallest absolute Gasteiger partial charge is 0.315 e. The number of aromatic nitrogens is 1. The number of ether oxygens (including phenoxy) is 2. The van der Waals surface area contributed by atoms with Gasteiger partial charge in [-0.25, -0.2) is 9.78 Å². The molecule has 1 atom stereocenters. The number of rotatable bonds is 4. The fourth-order valence-corrected chi connectivity index (χ4v) is 2.92. The fourth-order valence-electron chi connectivity index (χ4n) is 2.11. The highest BCUT2D eigenvalue weighted by Crippen LogP contribution is 2.32. The van der Waals surface area contributed by atoms with Crippen LogP contribution in [0.25, 0.3) is 0 Å². The van der Waals surface area contributed by atoms with Crippen LogP contribution >= 0.6 is 11.3 Å². The third-order valence-corrected chi connectivity index (χ3v) is 4.39. The Balaban J connectivity index is 1.52. The average molecular weight is 319 g/mol. The van der Waals surface area contributed by atoms with Gasteiger partial charge in [0.25, 0.3) is 0 Å². The molecule has 1 aromatic heterocycles. The molecule has 22 heavy (non-hydrogen) atoms. The summed E-state index contributed by atoms with van der Waals surface area (Å²) in [7, 11) is 0. The quantitative estimate of drug-likeness (QED) is 0.909. The number of benzene rings is 1. The van der Waals surface area contributed by atoms with Crippen molar-refractivity contribution in [3.05, 3.63) is 39.8 Å². The molecule has 0 bridgehead atoms. The molecule has 6 nitrogen and oxygen atoms in total. The van der Waals surface area contributed by atoms with Crippen LogP contribution < -0.4 is 20.1 Å². The first-order valence-electron chi connectivity index (χ1n) is 6.97. The van der Waals surface area contributed by atoms with Crippen LogP contribution in [0.4, 0.5) is 4.79 Å². The van der Waals surface area contributed by atoms with Crippen molar-refractivity contribution in [3.63, 3.8) is 0 Å². The number of hydrogen-bond acceptors (Lipinski definition) is 5. The normalized spacial score (nSPS) is 13.7. The molecule has 2 N–H and O–H groups in total. The maximum atomic E-state index is 11.9. The third-order valence-electron chi connectivity index (χ3n) is 3.24. The van der Waals surface area contributed by atoms with E-state index in [4.69, 9.17) is 9.47 Å². The topological polar surface area (TPSA) is 72.5 Å². The number of carbonyl (C=O) groups excluding carboxylic acids is 1. The molecule has 0 radical (unpaired) electrons. The first-order valence-corrected chi connectivity index (χ1v) is 7.84. The summed E-state index contributed by atoms with van der Waals surface area (Å²) in [6.07, 6.45) is 0. The highest BCUT2D eigenvalue weighted by atomic mass is 32.1. The summed E-state index contributed by atoms with van der Waals surface area (Å²) in [5, 5.41) is 8.57. The van der Waals surface area contributed by atoms with Crippen LogP contribution in [0.1, 0.15) is 29.2 Å². The number of amides is 2. The lowest BCUT2D eigenvalue weighted by atomic mass is 10.2. The predicted octanol–water partition coefficient (Wildman–Crippen LogP) is 2.74. The van der Waals surface area contributed by atoms with Crippen LogP contribution in [0.15, 0.2) is 23.6 Å². The average Bonchev–Trinajstić information content (AvgIpc) is 3.13. The van der Waals surface area contributed by atoms with Crippen molar-refractivity contribution in [1.29, 1.82) is 0 Å². The van der Waals surface area contributed by atoms with E-state index in [1.165, 1.54) is 0 Å². The molecular weight excluding hydrogens is 302 g/mol. The van der Waals surface area contributed by atoms with Gasteiger partial charge in [0.05, 0.1) is 6.04 Å². The van der Waals surface area contributed by atoms with Crippen molar-refractivity contribution >= 4 is 17.4 Å². The lowest BCUT2D eigenvalue weighted by molar-refractivity contribution is 0.174. The molecule has 0 fully saturated rings. The maximum Gasteiger partial charge on any atom is 0.315 e. The van der Waals surface area contributed by atoms with E-state index in [0.717, 1.165) is 22.0 Å². The third kappa shape index (κ3) is 3.30. The zero-order valence-corrected chi connectivity index (χ0v) is 13.2. The summed E-state index contributed by atoms with van der Waals surface area (Å²) in [6, 6.07) is 5.28. The molecule has 7 heteroatoms. The van der Waals surface area contributed by atoms with Gasteiger partial charge in [-0.05, 0) is 31.5 Å². The number of urea groups is 1. The van der Waals surface area contributed by atoms with Gasteiger partial charge in [0.1, 0.15) is 5.01 Å². The van der Waals surface area contributed by atoms with Gasteiger partial charge in [0.15, 0.2) is 11.5 Å².